The number of nitrogens with zero attached hydrogens (tertiary/aromatic N) is 3. The second-order valence-electron chi connectivity index (χ2n) is 6.95. The van der Waals surface area contributed by atoms with Crippen LogP contribution in [0.15, 0.2) is 12.4 Å². The van der Waals surface area contributed by atoms with Gasteiger partial charge in [0.25, 0.3) is 0 Å². The molecule has 1 aromatic heterocycles. The van der Waals surface area contributed by atoms with Crippen molar-refractivity contribution >= 4 is 0 Å². The molecule has 1 N–H and O–H groups in total. The monoisotopic (exact) mass is 294 g/mol. The fraction of sp³-hybridized carbons (Fsp3) is 0.812. The van der Waals surface area contributed by atoms with Crippen LogP contribution in [0.2, 0.25) is 0 Å². The van der Waals surface area contributed by atoms with Crippen molar-refractivity contribution in [2.45, 2.75) is 26.8 Å². The minimum atomic E-state index is 0.245. The Morgan fingerprint density at radius 2 is 2.33 bits per heavy atom. The molecule has 0 radical (unpaired) electrons. The molecule has 1 aliphatic heterocycles. The lowest BCUT2D eigenvalue weighted by Gasteiger charge is -2.32. The first-order valence-electron chi connectivity index (χ1n) is 7.94. The zero-order valence-corrected chi connectivity index (χ0v) is 13.9. The summed E-state index contributed by atoms with van der Waals surface area (Å²) >= 11 is 0. The zero-order valence-electron chi connectivity index (χ0n) is 13.9. The molecule has 0 bridgehead atoms. The number of aromatic nitrogens is 2. The lowest BCUT2D eigenvalue weighted by Crippen LogP contribution is -2.44. The van der Waals surface area contributed by atoms with Gasteiger partial charge in [-0.3, -0.25) is 4.90 Å². The Bertz CT molecular complexity index is 424. The standard InChI is InChI=1S/C16H30N4O/c1-14(2)9-17-11-16(5-8-21-13-16)12-19(3)10-15-18-6-7-20(15)4/h6-7,14,17H,5,8-13H2,1-4H3. The number of hydrogen-bond donors (Lipinski definition) is 1. The van der Waals surface area contributed by atoms with Gasteiger partial charge in [0, 0.05) is 44.6 Å². The van der Waals surface area contributed by atoms with E-state index in [9.17, 15) is 0 Å². The number of ether oxygens (including phenoxy) is 1. The lowest BCUT2D eigenvalue weighted by molar-refractivity contribution is 0.114. The Balaban J connectivity index is 1.88. The summed E-state index contributed by atoms with van der Waals surface area (Å²) in [6.07, 6.45) is 5.01. The molecule has 0 amide bonds. The van der Waals surface area contributed by atoms with Crippen LogP contribution < -0.4 is 5.32 Å². The summed E-state index contributed by atoms with van der Waals surface area (Å²) in [6, 6.07) is 0. The van der Waals surface area contributed by atoms with E-state index in [2.05, 4.69) is 47.7 Å². The molecule has 1 aliphatic rings. The average Bonchev–Trinajstić information content (AvgIpc) is 3.00. The maximum atomic E-state index is 5.69. The van der Waals surface area contributed by atoms with Gasteiger partial charge >= 0.3 is 0 Å². The van der Waals surface area contributed by atoms with Crippen LogP contribution in [0.4, 0.5) is 0 Å². The number of nitrogens with one attached hydrogen (secondary N) is 1. The van der Waals surface area contributed by atoms with Crippen LogP contribution in [-0.2, 0) is 18.3 Å². The van der Waals surface area contributed by atoms with Crippen molar-refractivity contribution in [3.05, 3.63) is 18.2 Å². The Kier molecular flexibility index (Phi) is 5.79. The summed E-state index contributed by atoms with van der Waals surface area (Å²) in [7, 11) is 4.23. The highest BCUT2D eigenvalue weighted by atomic mass is 16.5. The summed E-state index contributed by atoms with van der Waals surface area (Å²) in [5.41, 5.74) is 0.245. The quantitative estimate of drug-likeness (QED) is 0.789. The van der Waals surface area contributed by atoms with E-state index in [1.165, 1.54) is 0 Å². The van der Waals surface area contributed by atoms with Crippen LogP contribution in [0.3, 0.4) is 0 Å². The SMILES string of the molecule is CC(C)CNCC1(CN(C)Cc2nccn2C)CCOC1. The van der Waals surface area contributed by atoms with Gasteiger partial charge in [0.05, 0.1) is 13.2 Å². The minimum absolute atomic E-state index is 0.245. The molecule has 2 rings (SSSR count). The van der Waals surface area contributed by atoms with E-state index in [1.807, 2.05) is 12.4 Å². The maximum Gasteiger partial charge on any atom is 0.122 e. The van der Waals surface area contributed by atoms with Crippen LogP contribution in [0.1, 0.15) is 26.1 Å². The molecule has 0 spiro atoms. The Morgan fingerprint density at radius 1 is 1.52 bits per heavy atom. The van der Waals surface area contributed by atoms with Gasteiger partial charge in [-0.15, -0.1) is 0 Å². The minimum Gasteiger partial charge on any atom is -0.381 e. The first-order chi connectivity index (χ1) is 10.0. The van der Waals surface area contributed by atoms with Gasteiger partial charge in [-0.05, 0) is 25.9 Å². The molecule has 1 fully saturated rings. The summed E-state index contributed by atoms with van der Waals surface area (Å²) in [4.78, 5) is 6.78. The molecule has 1 unspecified atom stereocenters. The Labute approximate surface area is 128 Å². The van der Waals surface area contributed by atoms with Crippen LogP contribution in [0, 0.1) is 11.3 Å². The number of aryl methyl sites for hydroxylation is 1. The van der Waals surface area contributed by atoms with E-state index in [4.69, 9.17) is 4.74 Å². The van der Waals surface area contributed by atoms with E-state index in [0.29, 0.717) is 5.92 Å². The molecule has 0 saturated carbocycles. The number of imidazole rings is 1. The van der Waals surface area contributed by atoms with Gasteiger partial charge in [-0.25, -0.2) is 4.98 Å². The van der Waals surface area contributed by atoms with Crippen molar-refractivity contribution in [2.24, 2.45) is 18.4 Å². The molecule has 1 aromatic rings. The second kappa shape index (κ2) is 7.38. The average molecular weight is 294 g/mol. The highest BCUT2D eigenvalue weighted by molar-refractivity contribution is 4.93. The smallest absolute Gasteiger partial charge is 0.122 e. The molecule has 21 heavy (non-hydrogen) atoms. The molecule has 0 aromatic carbocycles. The summed E-state index contributed by atoms with van der Waals surface area (Å²) in [5, 5.41) is 3.62. The van der Waals surface area contributed by atoms with Crippen molar-refractivity contribution in [1.29, 1.82) is 0 Å². The fourth-order valence-corrected chi connectivity index (χ4v) is 3.01. The van der Waals surface area contributed by atoms with Crippen LogP contribution in [0.5, 0.6) is 0 Å². The van der Waals surface area contributed by atoms with Gasteiger partial charge in [-0.2, -0.15) is 0 Å². The predicted molar refractivity (Wildman–Crippen MR) is 85.1 cm³/mol. The maximum absolute atomic E-state index is 5.69. The molecular weight excluding hydrogens is 264 g/mol. The number of rotatable bonds is 8. The Morgan fingerprint density at radius 3 is 2.90 bits per heavy atom. The van der Waals surface area contributed by atoms with Crippen molar-refractivity contribution in [3.63, 3.8) is 0 Å². The first-order valence-corrected chi connectivity index (χ1v) is 7.94. The molecule has 120 valence electrons. The first kappa shape index (κ1) is 16.5. The van der Waals surface area contributed by atoms with Crippen molar-refractivity contribution in [1.82, 2.24) is 19.8 Å². The topological polar surface area (TPSA) is 42.3 Å². The molecular formula is C16H30N4O. The highest BCUT2D eigenvalue weighted by Gasteiger charge is 2.35. The van der Waals surface area contributed by atoms with Crippen molar-refractivity contribution in [2.75, 3.05) is 39.9 Å². The summed E-state index contributed by atoms with van der Waals surface area (Å²) in [6.45, 7) is 10.3. The molecule has 0 aliphatic carbocycles. The van der Waals surface area contributed by atoms with Crippen LogP contribution >= 0.6 is 0 Å². The van der Waals surface area contributed by atoms with Gasteiger partial charge in [0.15, 0.2) is 0 Å². The molecule has 1 atom stereocenters. The molecule has 5 nitrogen and oxygen atoms in total. The highest BCUT2D eigenvalue weighted by Crippen LogP contribution is 2.29. The van der Waals surface area contributed by atoms with Gasteiger partial charge in [-0.1, -0.05) is 13.8 Å². The third-order valence-electron chi connectivity index (χ3n) is 4.18. The third-order valence-corrected chi connectivity index (χ3v) is 4.18. The van der Waals surface area contributed by atoms with Gasteiger partial charge < -0.3 is 14.6 Å². The van der Waals surface area contributed by atoms with E-state index < -0.39 is 0 Å². The van der Waals surface area contributed by atoms with E-state index in [0.717, 1.165) is 51.6 Å². The van der Waals surface area contributed by atoms with Crippen LogP contribution in [0.25, 0.3) is 0 Å². The zero-order chi connectivity index (χ0) is 15.3. The van der Waals surface area contributed by atoms with E-state index >= 15 is 0 Å². The lowest BCUT2D eigenvalue weighted by atomic mass is 9.86. The number of hydrogen-bond acceptors (Lipinski definition) is 4. The summed E-state index contributed by atoms with van der Waals surface area (Å²) < 4.78 is 7.78. The van der Waals surface area contributed by atoms with Gasteiger partial charge in [0.1, 0.15) is 5.82 Å². The normalized spacial score (nSPS) is 22.6. The largest absolute Gasteiger partial charge is 0.381 e. The second-order valence-corrected chi connectivity index (χ2v) is 6.95. The van der Waals surface area contributed by atoms with Gasteiger partial charge in [0.2, 0.25) is 0 Å². The van der Waals surface area contributed by atoms with Crippen molar-refractivity contribution < 1.29 is 4.74 Å². The predicted octanol–water partition coefficient (Wildman–Crippen LogP) is 1.50. The van der Waals surface area contributed by atoms with Crippen molar-refractivity contribution in [3.8, 4) is 0 Å². The Hall–Kier alpha value is -0.910. The summed E-state index contributed by atoms with van der Waals surface area (Å²) in [5.74, 6) is 1.80. The molecule has 2 heterocycles. The van der Waals surface area contributed by atoms with E-state index in [1.54, 1.807) is 0 Å². The molecule has 1 saturated heterocycles. The van der Waals surface area contributed by atoms with Crippen LogP contribution in [-0.4, -0.2) is 54.3 Å². The third kappa shape index (κ3) is 4.80. The molecule has 5 heteroatoms. The van der Waals surface area contributed by atoms with E-state index in [-0.39, 0.29) is 5.41 Å². The fourth-order valence-electron chi connectivity index (χ4n) is 3.01.